The smallest absolute Gasteiger partial charge is 0.278 e. The van der Waals surface area contributed by atoms with Crippen LogP contribution < -0.4 is 0 Å². The highest BCUT2D eigenvalue weighted by Gasteiger charge is 2.28. The molecule has 0 atom stereocenters. The molecule has 1 aliphatic heterocycles. The Labute approximate surface area is 128 Å². The Bertz CT molecular complexity index is 691. The van der Waals surface area contributed by atoms with Crippen molar-refractivity contribution in [2.45, 2.75) is 26.3 Å². The summed E-state index contributed by atoms with van der Waals surface area (Å²) in [5.41, 5.74) is 2.77. The molecule has 0 saturated heterocycles. The number of fused-ring (bicyclic) bond motifs is 1. The second-order valence-electron chi connectivity index (χ2n) is 5.35. The first-order chi connectivity index (χ1) is 10.6. The molecule has 0 aromatic carbocycles. The molecule has 0 fully saturated rings. The van der Waals surface area contributed by atoms with Crippen LogP contribution in [0.25, 0.3) is 11.6 Å². The molecule has 0 aliphatic carbocycles. The number of hydrogen-bond acceptors (Lipinski definition) is 6. The SMILES string of the molecule is COCCC(=O)N1CCc2c(c(-c3nc(C)no3)nn2C)C1. The fourth-order valence-electron chi connectivity index (χ4n) is 2.72. The number of ether oxygens (including phenoxy) is 1. The van der Waals surface area contributed by atoms with E-state index in [4.69, 9.17) is 9.26 Å². The number of amides is 1. The second-order valence-corrected chi connectivity index (χ2v) is 5.35. The third-order valence-electron chi connectivity index (χ3n) is 3.85. The van der Waals surface area contributed by atoms with Gasteiger partial charge in [0.2, 0.25) is 5.91 Å². The van der Waals surface area contributed by atoms with Crippen molar-refractivity contribution in [3.8, 4) is 11.6 Å². The summed E-state index contributed by atoms with van der Waals surface area (Å²) in [5.74, 6) is 1.06. The molecule has 3 rings (SSSR count). The highest BCUT2D eigenvalue weighted by molar-refractivity contribution is 5.77. The molecule has 0 spiro atoms. The van der Waals surface area contributed by atoms with Crippen molar-refractivity contribution in [1.82, 2.24) is 24.8 Å². The molecule has 0 N–H and O–H groups in total. The van der Waals surface area contributed by atoms with Gasteiger partial charge in [-0.15, -0.1) is 0 Å². The minimum atomic E-state index is 0.0870. The molecule has 0 bridgehead atoms. The maximum atomic E-state index is 12.2. The van der Waals surface area contributed by atoms with E-state index in [-0.39, 0.29) is 5.91 Å². The summed E-state index contributed by atoms with van der Waals surface area (Å²) in [6.07, 6.45) is 1.16. The molecule has 1 amide bonds. The van der Waals surface area contributed by atoms with Crippen LogP contribution in [0, 0.1) is 6.92 Å². The molecule has 22 heavy (non-hydrogen) atoms. The molecule has 1 aliphatic rings. The van der Waals surface area contributed by atoms with Crippen LogP contribution in [0.3, 0.4) is 0 Å². The van der Waals surface area contributed by atoms with E-state index in [2.05, 4.69) is 15.2 Å². The second kappa shape index (κ2) is 5.88. The number of carbonyl (C=O) groups is 1. The van der Waals surface area contributed by atoms with Crippen LogP contribution in [0.15, 0.2) is 4.52 Å². The van der Waals surface area contributed by atoms with Gasteiger partial charge < -0.3 is 14.2 Å². The quantitative estimate of drug-likeness (QED) is 0.826. The summed E-state index contributed by atoms with van der Waals surface area (Å²) in [7, 11) is 3.49. The summed E-state index contributed by atoms with van der Waals surface area (Å²) in [5, 5.41) is 8.30. The number of hydrogen-bond donors (Lipinski definition) is 0. The number of aryl methyl sites for hydroxylation is 2. The lowest BCUT2D eigenvalue weighted by Crippen LogP contribution is -2.36. The predicted molar refractivity (Wildman–Crippen MR) is 76.9 cm³/mol. The van der Waals surface area contributed by atoms with Gasteiger partial charge in [-0.1, -0.05) is 5.16 Å². The van der Waals surface area contributed by atoms with Gasteiger partial charge in [-0.05, 0) is 6.92 Å². The van der Waals surface area contributed by atoms with E-state index in [1.165, 1.54) is 0 Å². The van der Waals surface area contributed by atoms with E-state index in [0.717, 1.165) is 17.7 Å². The Morgan fingerprint density at radius 2 is 2.27 bits per heavy atom. The topological polar surface area (TPSA) is 86.3 Å². The van der Waals surface area contributed by atoms with Crippen LogP contribution in [0.2, 0.25) is 0 Å². The maximum absolute atomic E-state index is 12.2. The molecular formula is C14H19N5O3. The summed E-state index contributed by atoms with van der Waals surface area (Å²) in [4.78, 5) is 18.3. The zero-order valence-electron chi connectivity index (χ0n) is 13.0. The van der Waals surface area contributed by atoms with Crippen molar-refractivity contribution in [3.63, 3.8) is 0 Å². The Morgan fingerprint density at radius 3 is 2.95 bits per heavy atom. The average molecular weight is 305 g/mol. The minimum Gasteiger partial charge on any atom is -0.384 e. The number of rotatable bonds is 4. The standard InChI is InChI=1S/C14H19N5O3/c1-9-15-14(22-17-9)13-10-8-19(12(20)5-7-21-3)6-4-11(10)18(2)16-13/h4-8H2,1-3H3. The van der Waals surface area contributed by atoms with E-state index in [1.807, 2.05) is 16.6 Å². The maximum Gasteiger partial charge on any atom is 0.278 e. The lowest BCUT2D eigenvalue weighted by atomic mass is 10.0. The molecule has 8 heteroatoms. The third kappa shape index (κ3) is 2.61. The zero-order chi connectivity index (χ0) is 15.7. The van der Waals surface area contributed by atoms with Crippen molar-refractivity contribution in [2.75, 3.05) is 20.3 Å². The van der Waals surface area contributed by atoms with Crippen LogP contribution in [0.1, 0.15) is 23.5 Å². The fourth-order valence-corrected chi connectivity index (χ4v) is 2.72. The molecule has 0 unspecified atom stereocenters. The summed E-state index contributed by atoms with van der Waals surface area (Å²) in [6.45, 7) is 3.41. The lowest BCUT2D eigenvalue weighted by molar-refractivity contribution is -0.133. The van der Waals surface area contributed by atoms with Gasteiger partial charge in [0.05, 0.1) is 13.0 Å². The van der Waals surface area contributed by atoms with Gasteiger partial charge in [-0.25, -0.2) is 0 Å². The molecule has 2 aromatic heterocycles. The average Bonchev–Trinajstić information content (AvgIpc) is 3.08. The lowest BCUT2D eigenvalue weighted by Gasteiger charge is -2.27. The van der Waals surface area contributed by atoms with E-state index in [0.29, 0.717) is 43.5 Å². The molecule has 2 aromatic rings. The highest BCUT2D eigenvalue weighted by Crippen LogP contribution is 2.28. The van der Waals surface area contributed by atoms with E-state index in [1.54, 1.807) is 14.0 Å². The van der Waals surface area contributed by atoms with Gasteiger partial charge in [0, 0.05) is 44.9 Å². The van der Waals surface area contributed by atoms with Crippen molar-refractivity contribution in [1.29, 1.82) is 0 Å². The first-order valence-corrected chi connectivity index (χ1v) is 7.22. The number of aromatic nitrogens is 4. The van der Waals surface area contributed by atoms with Gasteiger partial charge in [-0.2, -0.15) is 10.1 Å². The minimum absolute atomic E-state index is 0.0870. The summed E-state index contributed by atoms with van der Waals surface area (Å²) in [6, 6.07) is 0. The molecular weight excluding hydrogens is 286 g/mol. The molecule has 0 saturated carbocycles. The van der Waals surface area contributed by atoms with Gasteiger partial charge in [0.25, 0.3) is 5.89 Å². The molecule has 0 radical (unpaired) electrons. The van der Waals surface area contributed by atoms with Crippen LogP contribution in [-0.4, -0.2) is 51.0 Å². The number of carbonyl (C=O) groups excluding carboxylic acids is 1. The summed E-state index contributed by atoms with van der Waals surface area (Å²) < 4.78 is 12.0. The van der Waals surface area contributed by atoms with Gasteiger partial charge >= 0.3 is 0 Å². The van der Waals surface area contributed by atoms with E-state index in [9.17, 15) is 4.79 Å². The Balaban J connectivity index is 1.88. The Morgan fingerprint density at radius 1 is 1.45 bits per heavy atom. The van der Waals surface area contributed by atoms with Crippen molar-refractivity contribution < 1.29 is 14.1 Å². The molecule has 8 nitrogen and oxygen atoms in total. The van der Waals surface area contributed by atoms with Crippen LogP contribution >= 0.6 is 0 Å². The monoisotopic (exact) mass is 305 g/mol. The van der Waals surface area contributed by atoms with Gasteiger partial charge in [0.15, 0.2) is 11.5 Å². The Kier molecular flexibility index (Phi) is 3.93. The van der Waals surface area contributed by atoms with E-state index < -0.39 is 0 Å². The molecule has 118 valence electrons. The van der Waals surface area contributed by atoms with Crippen molar-refractivity contribution >= 4 is 5.91 Å². The van der Waals surface area contributed by atoms with Crippen LogP contribution in [0.5, 0.6) is 0 Å². The summed E-state index contributed by atoms with van der Waals surface area (Å²) >= 11 is 0. The largest absolute Gasteiger partial charge is 0.384 e. The van der Waals surface area contributed by atoms with Crippen molar-refractivity contribution in [3.05, 3.63) is 17.1 Å². The highest BCUT2D eigenvalue weighted by atomic mass is 16.5. The van der Waals surface area contributed by atoms with Gasteiger partial charge in [0.1, 0.15) is 0 Å². The van der Waals surface area contributed by atoms with Crippen LogP contribution in [-0.2, 0) is 29.5 Å². The Hall–Kier alpha value is -2.22. The number of nitrogens with zero attached hydrogens (tertiary/aromatic N) is 5. The fraction of sp³-hybridized carbons (Fsp3) is 0.571. The third-order valence-corrected chi connectivity index (χ3v) is 3.85. The zero-order valence-corrected chi connectivity index (χ0v) is 13.0. The first-order valence-electron chi connectivity index (χ1n) is 7.22. The normalized spacial score (nSPS) is 14.2. The van der Waals surface area contributed by atoms with Crippen LogP contribution in [0.4, 0.5) is 0 Å². The number of methoxy groups -OCH3 is 1. The van der Waals surface area contributed by atoms with Crippen molar-refractivity contribution in [2.24, 2.45) is 7.05 Å². The predicted octanol–water partition coefficient (Wildman–Crippen LogP) is 0.700. The molecule has 3 heterocycles. The van der Waals surface area contributed by atoms with Gasteiger partial charge in [-0.3, -0.25) is 9.48 Å². The van der Waals surface area contributed by atoms with E-state index >= 15 is 0 Å². The first kappa shape index (κ1) is 14.7.